The molecular weight excluding hydrogens is 521 g/mol. The number of halogens is 3. The number of hydrogen-bond acceptors (Lipinski definition) is 7. The van der Waals surface area contributed by atoms with Crippen molar-refractivity contribution in [2.24, 2.45) is 0 Å². The van der Waals surface area contributed by atoms with Crippen molar-refractivity contribution in [1.82, 2.24) is 10.3 Å². The van der Waals surface area contributed by atoms with Crippen LogP contribution in [0.5, 0.6) is 23.0 Å². The molecular formula is C30H31F3N4O3. The summed E-state index contributed by atoms with van der Waals surface area (Å²) in [6.45, 7) is 1.15. The molecule has 0 atom stereocenters. The first-order valence-electron chi connectivity index (χ1n) is 13.0. The number of fused-ring (bicyclic) bond motifs is 1. The molecule has 0 aliphatic carbocycles. The minimum absolute atomic E-state index is 0.210. The Kier molecular flexibility index (Phi) is 7.88. The van der Waals surface area contributed by atoms with Gasteiger partial charge in [-0.3, -0.25) is 4.98 Å². The van der Waals surface area contributed by atoms with Crippen molar-refractivity contribution in [2.45, 2.75) is 25.1 Å². The van der Waals surface area contributed by atoms with Crippen molar-refractivity contribution in [2.75, 3.05) is 44.6 Å². The Hall–Kier alpha value is -4.18. The van der Waals surface area contributed by atoms with Crippen molar-refractivity contribution >= 4 is 28.0 Å². The number of nitrogens with one attached hydrogen (secondary N) is 2. The third-order valence-electron chi connectivity index (χ3n) is 7.10. The van der Waals surface area contributed by atoms with E-state index < -0.39 is 11.7 Å². The second kappa shape index (κ2) is 11.5. The molecule has 2 N–H and O–H groups in total. The number of nitrogens with zero attached hydrogens (tertiary/aromatic N) is 2. The number of pyridine rings is 1. The van der Waals surface area contributed by atoms with E-state index in [1.165, 1.54) is 6.07 Å². The average Bonchev–Trinajstić information content (AvgIpc) is 2.96. The van der Waals surface area contributed by atoms with Crippen LogP contribution in [0.4, 0.5) is 30.2 Å². The van der Waals surface area contributed by atoms with Crippen molar-refractivity contribution in [3.63, 3.8) is 0 Å². The van der Waals surface area contributed by atoms with Gasteiger partial charge >= 0.3 is 6.18 Å². The summed E-state index contributed by atoms with van der Waals surface area (Å²) in [6, 6.07) is 17.1. The Morgan fingerprint density at radius 3 is 2.30 bits per heavy atom. The lowest BCUT2D eigenvalue weighted by atomic mass is 10.0. The van der Waals surface area contributed by atoms with Crippen LogP contribution < -0.4 is 29.7 Å². The molecule has 0 bridgehead atoms. The van der Waals surface area contributed by atoms with Gasteiger partial charge in [0.2, 0.25) is 0 Å². The lowest BCUT2D eigenvalue weighted by molar-refractivity contribution is -0.137. The zero-order valence-corrected chi connectivity index (χ0v) is 22.5. The summed E-state index contributed by atoms with van der Waals surface area (Å²) in [5.74, 6) is 2.15. The quantitative estimate of drug-likeness (QED) is 0.244. The van der Waals surface area contributed by atoms with Crippen LogP contribution in [-0.2, 0) is 6.18 Å². The Balaban J connectivity index is 1.38. The van der Waals surface area contributed by atoms with Gasteiger partial charge in [-0.15, -0.1) is 0 Å². The van der Waals surface area contributed by atoms with E-state index in [0.29, 0.717) is 59.0 Å². The summed E-state index contributed by atoms with van der Waals surface area (Å²) in [7, 11) is 4.99. The molecule has 1 aliphatic heterocycles. The van der Waals surface area contributed by atoms with Gasteiger partial charge in [-0.05, 0) is 62.4 Å². The standard InChI is InChI=1S/C30H31F3N4O3/c1-34-19-10-13-37(14-11-19)26-8-7-21(16-24(26)30(31,32)33)36-20-5-4-6-22(15-20)40-27-9-12-35-25-18-29(39-3)28(38-2)17-23(25)27/h4-9,12,15-19,34,36H,10-11,13-14H2,1-3H3. The fourth-order valence-electron chi connectivity index (χ4n) is 4.99. The van der Waals surface area contributed by atoms with E-state index in [1.807, 2.05) is 11.9 Å². The minimum Gasteiger partial charge on any atom is -0.493 e. The van der Waals surface area contributed by atoms with Gasteiger partial charge in [0.25, 0.3) is 0 Å². The highest BCUT2D eigenvalue weighted by atomic mass is 19.4. The first kappa shape index (κ1) is 27.4. The summed E-state index contributed by atoms with van der Waals surface area (Å²) < 4.78 is 59.2. The number of rotatable bonds is 8. The molecule has 210 valence electrons. The van der Waals surface area contributed by atoms with Crippen molar-refractivity contribution in [3.8, 4) is 23.0 Å². The molecule has 0 amide bonds. The highest BCUT2D eigenvalue weighted by Crippen LogP contribution is 2.40. The molecule has 0 unspecified atom stereocenters. The zero-order chi connectivity index (χ0) is 28.3. The van der Waals surface area contributed by atoms with Crippen LogP contribution in [0, 0.1) is 0 Å². The Morgan fingerprint density at radius 2 is 1.60 bits per heavy atom. The molecule has 1 saturated heterocycles. The van der Waals surface area contributed by atoms with Gasteiger partial charge in [-0.25, -0.2) is 0 Å². The minimum atomic E-state index is -4.48. The van der Waals surface area contributed by atoms with E-state index in [1.54, 1.807) is 75.0 Å². The first-order valence-corrected chi connectivity index (χ1v) is 13.0. The normalized spacial score (nSPS) is 14.3. The van der Waals surface area contributed by atoms with Crippen LogP contribution in [0.1, 0.15) is 18.4 Å². The van der Waals surface area contributed by atoms with E-state index in [9.17, 15) is 13.2 Å². The lowest BCUT2D eigenvalue weighted by Gasteiger charge is -2.35. The van der Waals surface area contributed by atoms with Crippen molar-refractivity contribution < 1.29 is 27.4 Å². The molecule has 2 heterocycles. The number of alkyl halides is 3. The fraction of sp³-hybridized carbons (Fsp3) is 0.300. The molecule has 4 aromatic rings. The Morgan fingerprint density at radius 1 is 0.875 bits per heavy atom. The van der Waals surface area contributed by atoms with E-state index in [0.717, 1.165) is 18.2 Å². The number of aromatic nitrogens is 1. The second-order valence-electron chi connectivity index (χ2n) is 9.57. The second-order valence-corrected chi connectivity index (χ2v) is 9.57. The molecule has 1 aliphatic rings. The number of piperidine rings is 1. The molecule has 0 radical (unpaired) electrons. The summed E-state index contributed by atoms with van der Waals surface area (Å²) in [6.07, 6.45) is -1.25. The van der Waals surface area contributed by atoms with Crippen molar-refractivity contribution in [1.29, 1.82) is 0 Å². The number of benzene rings is 3. The first-order chi connectivity index (χ1) is 19.3. The number of hydrogen-bond donors (Lipinski definition) is 2. The SMILES string of the molecule is CNC1CCN(c2ccc(Nc3cccc(Oc4ccnc5cc(OC)c(OC)cc45)c3)cc2C(F)(F)F)CC1. The van der Waals surface area contributed by atoms with Crippen LogP contribution >= 0.6 is 0 Å². The largest absolute Gasteiger partial charge is 0.493 e. The predicted molar refractivity (Wildman–Crippen MR) is 150 cm³/mol. The van der Waals surface area contributed by atoms with Crippen LogP contribution in [0.3, 0.4) is 0 Å². The maximum Gasteiger partial charge on any atom is 0.418 e. The van der Waals surface area contributed by atoms with E-state index in [4.69, 9.17) is 14.2 Å². The van der Waals surface area contributed by atoms with Gasteiger partial charge in [0.05, 0.1) is 25.3 Å². The molecule has 40 heavy (non-hydrogen) atoms. The predicted octanol–water partition coefficient (Wildman–Crippen LogP) is 6.99. The van der Waals surface area contributed by atoms with Gasteiger partial charge in [0, 0.05) is 59.9 Å². The highest BCUT2D eigenvalue weighted by Gasteiger charge is 2.36. The summed E-state index contributed by atoms with van der Waals surface area (Å²) in [4.78, 5) is 6.21. The van der Waals surface area contributed by atoms with Gasteiger partial charge in [-0.1, -0.05) is 6.07 Å². The number of methoxy groups -OCH3 is 2. The molecule has 3 aromatic carbocycles. The third-order valence-corrected chi connectivity index (χ3v) is 7.10. The summed E-state index contributed by atoms with van der Waals surface area (Å²) in [5.41, 5.74) is 1.15. The third kappa shape index (κ3) is 5.86. The van der Waals surface area contributed by atoms with Crippen LogP contribution in [0.15, 0.2) is 66.9 Å². The monoisotopic (exact) mass is 552 g/mol. The number of anilines is 3. The van der Waals surface area contributed by atoms with Gasteiger partial charge in [-0.2, -0.15) is 13.2 Å². The maximum absolute atomic E-state index is 14.1. The van der Waals surface area contributed by atoms with Crippen molar-refractivity contribution in [3.05, 3.63) is 72.4 Å². The topological polar surface area (TPSA) is 67.9 Å². The molecule has 0 spiro atoms. The van der Waals surface area contributed by atoms with E-state index >= 15 is 0 Å². The lowest BCUT2D eigenvalue weighted by Crippen LogP contribution is -2.41. The molecule has 1 aromatic heterocycles. The van der Waals surface area contributed by atoms with E-state index in [2.05, 4.69) is 15.6 Å². The van der Waals surface area contributed by atoms with Crippen LogP contribution in [0.2, 0.25) is 0 Å². The molecule has 10 heteroatoms. The van der Waals surface area contributed by atoms with E-state index in [-0.39, 0.29) is 5.69 Å². The fourth-order valence-corrected chi connectivity index (χ4v) is 4.99. The smallest absolute Gasteiger partial charge is 0.418 e. The van der Waals surface area contributed by atoms with Crippen LogP contribution in [0.25, 0.3) is 10.9 Å². The Labute approximate surface area is 230 Å². The van der Waals surface area contributed by atoms with Gasteiger partial charge in [0.1, 0.15) is 11.5 Å². The summed E-state index contributed by atoms with van der Waals surface area (Å²) >= 11 is 0. The molecule has 0 saturated carbocycles. The average molecular weight is 553 g/mol. The highest BCUT2D eigenvalue weighted by molar-refractivity contribution is 5.88. The van der Waals surface area contributed by atoms with Gasteiger partial charge in [0.15, 0.2) is 11.5 Å². The van der Waals surface area contributed by atoms with Crippen LogP contribution in [-0.4, -0.2) is 45.4 Å². The Bertz CT molecular complexity index is 1490. The molecule has 7 nitrogen and oxygen atoms in total. The number of ether oxygens (including phenoxy) is 3. The van der Waals surface area contributed by atoms with Gasteiger partial charge < -0.3 is 29.7 Å². The molecule has 1 fully saturated rings. The zero-order valence-electron chi connectivity index (χ0n) is 22.5. The maximum atomic E-state index is 14.1. The summed E-state index contributed by atoms with van der Waals surface area (Å²) in [5, 5.41) is 7.04. The molecule has 5 rings (SSSR count).